The van der Waals surface area contributed by atoms with E-state index in [4.69, 9.17) is 23.7 Å². The second-order valence-corrected chi connectivity index (χ2v) is 6.84. The zero-order chi connectivity index (χ0) is 19.7. The van der Waals surface area contributed by atoms with Crippen molar-refractivity contribution in [3.05, 3.63) is 0 Å². The van der Waals surface area contributed by atoms with Crippen LogP contribution in [0.4, 0.5) is 0 Å². The van der Waals surface area contributed by atoms with Gasteiger partial charge in [0.2, 0.25) is 0 Å². The van der Waals surface area contributed by atoms with Crippen LogP contribution in [0.1, 0.15) is 64.7 Å². The molecule has 0 saturated heterocycles. The lowest BCUT2D eigenvalue weighted by atomic mass is 9.93. The fraction of sp³-hybridized carbons (Fsp3) is 1.00. The third-order valence-corrected chi connectivity index (χ3v) is 4.91. The summed E-state index contributed by atoms with van der Waals surface area (Å²) in [5.74, 6) is -0.767. The maximum atomic E-state index is 5.64. The van der Waals surface area contributed by atoms with Crippen molar-refractivity contribution >= 4 is 0 Å². The zero-order valence-electron chi connectivity index (χ0n) is 18.1. The Hall–Kier alpha value is -0.240. The van der Waals surface area contributed by atoms with Crippen molar-refractivity contribution < 1.29 is 23.7 Å². The molecule has 0 aromatic heterocycles. The van der Waals surface area contributed by atoms with Crippen LogP contribution in [-0.2, 0) is 23.7 Å². The van der Waals surface area contributed by atoms with Gasteiger partial charge in [-0.15, -0.1) is 0 Å². The summed E-state index contributed by atoms with van der Waals surface area (Å²) in [6.45, 7) is 4.29. The largest absolute Gasteiger partial charge is 0.369 e. The van der Waals surface area contributed by atoms with Gasteiger partial charge in [-0.25, -0.2) is 0 Å². The Morgan fingerprint density at radius 2 is 1.19 bits per heavy atom. The molecule has 1 atom stereocenters. The summed E-state index contributed by atoms with van der Waals surface area (Å²) in [7, 11) is 8.38. The van der Waals surface area contributed by atoms with E-state index in [-0.39, 0.29) is 5.92 Å². The summed E-state index contributed by atoms with van der Waals surface area (Å²) in [4.78, 5) is 2.13. The van der Waals surface area contributed by atoms with Gasteiger partial charge < -0.3 is 23.7 Å². The number of nitrogens with zero attached hydrogens (tertiary/aromatic N) is 1. The predicted octanol–water partition coefficient (Wildman–Crippen LogP) is 4.24. The maximum absolute atomic E-state index is 5.64. The second-order valence-electron chi connectivity index (χ2n) is 6.84. The third kappa shape index (κ3) is 10.2. The van der Waals surface area contributed by atoms with Gasteiger partial charge in [0, 0.05) is 48.0 Å². The van der Waals surface area contributed by atoms with Crippen LogP contribution in [0.2, 0.25) is 0 Å². The summed E-state index contributed by atoms with van der Waals surface area (Å²) < 4.78 is 27.4. The minimum Gasteiger partial charge on any atom is -0.369 e. The highest BCUT2D eigenvalue weighted by molar-refractivity contribution is 4.72. The SMILES string of the molecule is CCCCCCCCC(CCCN(COC)COC)C(OC)(OC)OC. The molecule has 0 bridgehead atoms. The molecule has 1 unspecified atom stereocenters. The smallest absolute Gasteiger partial charge is 0.285 e. The van der Waals surface area contributed by atoms with Gasteiger partial charge >= 0.3 is 0 Å². The Balaban J connectivity index is 4.57. The average Bonchev–Trinajstić information content (AvgIpc) is 2.66. The normalized spacial score (nSPS) is 13.5. The highest BCUT2D eigenvalue weighted by Gasteiger charge is 2.39. The Kier molecular flexibility index (Phi) is 16.7. The van der Waals surface area contributed by atoms with Crippen molar-refractivity contribution in [2.45, 2.75) is 70.7 Å². The quantitative estimate of drug-likeness (QED) is 0.248. The summed E-state index contributed by atoms with van der Waals surface area (Å²) >= 11 is 0. The molecule has 0 radical (unpaired) electrons. The Morgan fingerprint density at radius 1 is 0.692 bits per heavy atom. The van der Waals surface area contributed by atoms with Gasteiger partial charge in [-0.2, -0.15) is 0 Å². The van der Waals surface area contributed by atoms with Crippen molar-refractivity contribution in [1.82, 2.24) is 4.90 Å². The van der Waals surface area contributed by atoms with Gasteiger partial charge in [-0.3, -0.25) is 4.90 Å². The van der Waals surface area contributed by atoms with Crippen molar-refractivity contribution in [2.75, 3.05) is 55.6 Å². The number of methoxy groups -OCH3 is 5. The maximum Gasteiger partial charge on any atom is 0.285 e. The topological polar surface area (TPSA) is 49.4 Å². The lowest BCUT2D eigenvalue weighted by Crippen LogP contribution is -2.44. The lowest BCUT2D eigenvalue weighted by Gasteiger charge is -2.37. The molecule has 0 fully saturated rings. The van der Waals surface area contributed by atoms with E-state index in [1.807, 2.05) is 0 Å². The first-order valence-corrected chi connectivity index (χ1v) is 9.99. The fourth-order valence-electron chi connectivity index (χ4n) is 3.51. The Morgan fingerprint density at radius 3 is 1.69 bits per heavy atom. The monoisotopic (exact) mass is 377 g/mol. The van der Waals surface area contributed by atoms with Crippen molar-refractivity contribution in [3.8, 4) is 0 Å². The second kappa shape index (κ2) is 16.9. The summed E-state index contributed by atoms with van der Waals surface area (Å²) in [5, 5.41) is 0. The number of rotatable bonds is 19. The minimum atomic E-state index is -0.962. The first-order valence-electron chi connectivity index (χ1n) is 9.99. The van der Waals surface area contributed by atoms with Crippen LogP contribution in [0.15, 0.2) is 0 Å². The molecular weight excluding hydrogens is 334 g/mol. The number of hydrogen-bond acceptors (Lipinski definition) is 6. The molecule has 0 spiro atoms. The molecule has 0 aromatic carbocycles. The minimum absolute atomic E-state index is 0.195. The molecule has 0 N–H and O–H groups in total. The van der Waals surface area contributed by atoms with E-state index in [0.29, 0.717) is 13.5 Å². The standard InChI is InChI=1S/C20H43NO5/c1-7-8-9-10-11-12-14-19(20(24-4,25-5)26-6)15-13-16-21(17-22-2)18-23-3/h19H,7-18H2,1-6H3. The summed E-state index contributed by atoms with van der Waals surface area (Å²) in [5.41, 5.74) is 0. The molecule has 0 heterocycles. The molecule has 0 aliphatic rings. The van der Waals surface area contributed by atoms with Crippen LogP contribution in [0.25, 0.3) is 0 Å². The molecule has 26 heavy (non-hydrogen) atoms. The molecule has 0 amide bonds. The van der Waals surface area contributed by atoms with E-state index in [9.17, 15) is 0 Å². The number of hydrogen-bond donors (Lipinski definition) is 0. The van der Waals surface area contributed by atoms with E-state index in [0.717, 1.165) is 25.8 Å². The molecule has 6 nitrogen and oxygen atoms in total. The number of ether oxygens (including phenoxy) is 5. The van der Waals surface area contributed by atoms with Crippen LogP contribution in [0, 0.1) is 5.92 Å². The molecule has 0 aromatic rings. The predicted molar refractivity (Wildman–Crippen MR) is 105 cm³/mol. The van der Waals surface area contributed by atoms with Gasteiger partial charge in [-0.1, -0.05) is 45.4 Å². The lowest BCUT2D eigenvalue weighted by molar-refractivity contribution is -0.380. The molecule has 0 aliphatic heterocycles. The van der Waals surface area contributed by atoms with Crippen molar-refractivity contribution in [2.24, 2.45) is 5.92 Å². The fourth-order valence-corrected chi connectivity index (χ4v) is 3.51. The van der Waals surface area contributed by atoms with E-state index in [1.54, 1.807) is 35.5 Å². The van der Waals surface area contributed by atoms with Gasteiger partial charge in [0.1, 0.15) is 13.5 Å². The Labute approximate surface area is 161 Å². The van der Waals surface area contributed by atoms with Gasteiger partial charge in [-0.05, 0) is 19.3 Å². The van der Waals surface area contributed by atoms with E-state index in [2.05, 4.69) is 11.8 Å². The van der Waals surface area contributed by atoms with Crippen molar-refractivity contribution in [3.63, 3.8) is 0 Å². The van der Waals surface area contributed by atoms with Gasteiger partial charge in [0.25, 0.3) is 5.97 Å². The molecule has 6 heteroatoms. The zero-order valence-corrected chi connectivity index (χ0v) is 18.1. The van der Waals surface area contributed by atoms with Gasteiger partial charge in [0.15, 0.2) is 0 Å². The Bertz CT molecular complexity index is 286. The number of unbranched alkanes of at least 4 members (excludes halogenated alkanes) is 5. The van der Waals surface area contributed by atoms with E-state index in [1.165, 1.54) is 38.5 Å². The molecule has 0 aliphatic carbocycles. The molecular formula is C20H43NO5. The average molecular weight is 378 g/mol. The molecule has 0 rings (SSSR count). The van der Waals surface area contributed by atoms with Crippen LogP contribution in [0.5, 0.6) is 0 Å². The van der Waals surface area contributed by atoms with E-state index < -0.39 is 5.97 Å². The first-order chi connectivity index (χ1) is 12.6. The summed E-state index contributed by atoms with van der Waals surface area (Å²) in [6.07, 6.45) is 10.7. The highest BCUT2D eigenvalue weighted by atomic mass is 16.9. The first kappa shape index (κ1) is 25.8. The third-order valence-electron chi connectivity index (χ3n) is 4.91. The van der Waals surface area contributed by atoms with E-state index >= 15 is 0 Å². The van der Waals surface area contributed by atoms with Crippen LogP contribution in [0.3, 0.4) is 0 Å². The molecule has 0 saturated carbocycles. The molecule has 158 valence electrons. The van der Waals surface area contributed by atoms with Crippen LogP contribution >= 0.6 is 0 Å². The highest BCUT2D eigenvalue weighted by Crippen LogP contribution is 2.32. The van der Waals surface area contributed by atoms with Gasteiger partial charge in [0.05, 0.1) is 0 Å². The summed E-state index contributed by atoms with van der Waals surface area (Å²) in [6, 6.07) is 0. The van der Waals surface area contributed by atoms with Crippen molar-refractivity contribution in [1.29, 1.82) is 0 Å². The van der Waals surface area contributed by atoms with Crippen LogP contribution in [-0.4, -0.2) is 66.4 Å². The van der Waals surface area contributed by atoms with Crippen LogP contribution < -0.4 is 0 Å².